The molecule has 1 aliphatic rings. The van der Waals surface area contributed by atoms with Crippen molar-refractivity contribution in [1.29, 1.82) is 0 Å². The lowest BCUT2D eigenvalue weighted by Crippen LogP contribution is -2.63. The van der Waals surface area contributed by atoms with Gasteiger partial charge in [0.1, 0.15) is 30.7 Å². The third-order valence-corrected chi connectivity index (χ3v) is 6.34. The molecule has 50 heavy (non-hydrogen) atoms. The van der Waals surface area contributed by atoms with E-state index in [0.717, 1.165) is 27.7 Å². The van der Waals surface area contributed by atoms with E-state index in [4.69, 9.17) is 37.9 Å². The monoisotopic (exact) mass is 717 g/mol. The predicted molar refractivity (Wildman–Crippen MR) is 159 cm³/mol. The molecule has 0 saturated carbocycles. The van der Waals surface area contributed by atoms with Gasteiger partial charge in [-0.2, -0.15) is 8.78 Å². The van der Waals surface area contributed by atoms with Gasteiger partial charge < -0.3 is 37.9 Å². The zero-order valence-electron chi connectivity index (χ0n) is 27.9. The van der Waals surface area contributed by atoms with Crippen molar-refractivity contribution in [2.75, 3.05) is 11.9 Å². The summed E-state index contributed by atoms with van der Waals surface area (Å²) in [5, 5.41) is 2.44. The average molecular weight is 718 g/mol. The van der Waals surface area contributed by atoms with Crippen LogP contribution in [0.5, 0.6) is 11.5 Å². The first-order valence-corrected chi connectivity index (χ1v) is 14.8. The zero-order valence-corrected chi connectivity index (χ0v) is 27.9. The first-order valence-electron chi connectivity index (χ1n) is 14.8. The van der Waals surface area contributed by atoms with Crippen LogP contribution in [0.15, 0.2) is 24.3 Å². The summed E-state index contributed by atoms with van der Waals surface area (Å²) in [5.41, 5.74) is -1.02. The zero-order chi connectivity index (χ0) is 37.5. The summed E-state index contributed by atoms with van der Waals surface area (Å²) in [6.45, 7) is 7.53. The Morgan fingerprint density at radius 1 is 0.780 bits per heavy atom. The van der Waals surface area contributed by atoms with E-state index in [9.17, 15) is 41.5 Å². The summed E-state index contributed by atoms with van der Waals surface area (Å²) in [4.78, 5) is 60.5. The van der Waals surface area contributed by atoms with Crippen molar-refractivity contribution < 1.29 is 79.4 Å². The van der Waals surface area contributed by atoms with Gasteiger partial charge >= 0.3 is 30.0 Å². The second-order valence-corrected chi connectivity index (χ2v) is 11.7. The first-order chi connectivity index (χ1) is 23.2. The number of hydrogen-bond donors (Lipinski definition) is 1. The Kier molecular flexibility index (Phi) is 13.0. The summed E-state index contributed by atoms with van der Waals surface area (Å²) in [6, 6.07) is 3.67. The van der Waals surface area contributed by atoms with Crippen molar-refractivity contribution in [3.8, 4) is 11.5 Å². The second-order valence-electron chi connectivity index (χ2n) is 11.7. The summed E-state index contributed by atoms with van der Waals surface area (Å²) < 4.78 is 100. The Bertz CT molecular complexity index is 1590. The maximum atomic E-state index is 14.5. The fraction of sp³-hybridized carbons (Fsp3) is 0.469. The van der Waals surface area contributed by atoms with E-state index in [0.29, 0.717) is 0 Å². The number of halogens is 4. The number of ether oxygens (including phenoxy) is 8. The molecule has 1 heterocycles. The van der Waals surface area contributed by atoms with Crippen LogP contribution in [0.25, 0.3) is 0 Å². The van der Waals surface area contributed by atoms with Gasteiger partial charge in [-0.1, -0.05) is 0 Å². The lowest BCUT2D eigenvalue weighted by atomic mass is 9.98. The Hall–Kier alpha value is -5.13. The van der Waals surface area contributed by atoms with E-state index in [1.54, 1.807) is 20.8 Å². The van der Waals surface area contributed by atoms with E-state index in [2.05, 4.69) is 5.32 Å². The molecule has 0 bridgehead atoms. The minimum atomic E-state index is -1.84. The van der Waals surface area contributed by atoms with Crippen molar-refractivity contribution >= 4 is 35.7 Å². The summed E-state index contributed by atoms with van der Waals surface area (Å²) in [7, 11) is 0. The lowest BCUT2D eigenvalue weighted by Gasteiger charge is -2.44. The van der Waals surface area contributed by atoms with E-state index < -0.39 is 109 Å². The molecule has 1 fully saturated rings. The Morgan fingerprint density at radius 2 is 1.34 bits per heavy atom. The molecule has 3 rings (SSSR count). The molecule has 5 atom stereocenters. The minimum Gasteiger partial charge on any atom is -0.483 e. The van der Waals surface area contributed by atoms with Gasteiger partial charge in [-0.15, -0.1) is 0 Å². The number of benzene rings is 2. The lowest BCUT2D eigenvalue weighted by molar-refractivity contribution is -0.288. The van der Waals surface area contributed by atoms with Crippen LogP contribution in [-0.4, -0.2) is 72.9 Å². The van der Waals surface area contributed by atoms with E-state index >= 15 is 0 Å². The van der Waals surface area contributed by atoms with E-state index in [-0.39, 0.29) is 23.1 Å². The van der Waals surface area contributed by atoms with Crippen LogP contribution in [0, 0.1) is 23.3 Å². The molecular weight excluding hydrogens is 682 g/mol. The molecule has 0 spiro atoms. The number of carbonyl (C=O) groups is 5. The average Bonchev–Trinajstić information content (AvgIpc) is 2.97. The van der Waals surface area contributed by atoms with E-state index in [1.807, 2.05) is 0 Å². The van der Waals surface area contributed by atoms with Gasteiger partial charge in [-0.25, -0.2) is 13.6 Å². The van der Waals surface area contributed by atoms with Crippen LogP contribution < -0.4 is 14.8 Å². The fourth-order valence-electron chi connectivity index (χ4n) is 4.54. The van der Waals surface area contributed by atoms with Crippen molar-refractivity contribution in [3.63, 3.8) is 0 Å². The fourth-order valence-corrected chi connectivity index (χ4v) is 4.54. The first kappa shape index (κ1) is 39.3. The van der Waals surface area contributed by atoms with Crippen molar-refractivity contribution in [2.45, 2.75) is 91.4 Å². The highest BCUT2D eigenvalue weighted by Crippen LogP contribution is 2.34. The van der Waals surface area contributed by atoms with Gasteiger partial charge in [-0.3, -0.25) is 24.5 Å². The van der Waals surface area contributed by atoms with E-state index in [1.165, 1.54) is 18.2 Å². The van der Waals surface area contributed by atoms with Crippen LogP contribution in [0.1, 0.15) is 54.0 Å². The molecule has 2 aromatic carbocycles. The Morgan fingerprint density at radius 3 is 1.88 bits per heavy atom. The molecule has 1 saturated heterocycles. The minimum absolute atomic E-state index is 0.0120. The number of rotatable bonds is 11. The second kappa shape index (κ2) is 16.5. The molecule has 1 amide bonds. The highest BCUT2D eigenvalue weighted by atomic mass is 19.2. The molecule has 0 radical (unpaired) electrons. The van der Waals surface area contributed by atoms with Crippen LogP contribution in [-0.2, 0) is 54.2 Å². The van der Waals surface area contributed by atoms with Crippen molar-refractivity contribution in [1.82, 2.24) is 0 Å². The Labute approximate surface area is 283 Å². The maximum Gasteiger partial charge on any atom is 0.412 e. The molecular formula is C32H35F4NO13. The number of carbonyl (C=O) groups excluding carboxylic acids is 5. The van der Waals surface area contributed by atoms with Crippen molar-refractivity contribution in [2.24, 2.45) is 0 Å². The predicted octanol–water partition coefficient (Wildman–Crippen LogP) is 4.63. The van der Waals surface area contributed by atoms with Gasteiger partial charge in [0.05, 0.1) is 0 Å². The van der Waals surface area contributed by atoms with Crippen LogP contribution >= 0.6 is 0 Å². The van der Waals surface area contributed by atoms with Crippen molar-refractivity contribution in [3.05, 3.63) is 53.1 Å². The molecule has 274 valence electrons. The molecule has 0 aromatic heterocycles. The van der Waals surface area contributed by atoms with Gasteiger partial charge in [0, 0.05) is 45.0 Å². The summed E-state index contributed by atoms with van der Waals surface area (Å²) >= 11 is 0. The van der Waals surface area contributed by atoms with Gasteiger partial charge in [0.25, 0.3) is 0 Å². The molecule has 14 nitrogen and oxygen atoms in total. The van der Waals surface area contributed by atoms with Crippen LogP contribution in [0.3, 0.4) is 0 Å². The van der Waals surface area contributed by atoms with Gasteiger partial charge in [0.15, 0.2) is 29.6 Å². The molecule has 1 N–H and O–H groups in total. The van der Waals surface area contributed by atoms with Gasteiger partial charge in [-0.05, 0) is 39.0 Å². The highest BCUT2D eigenvalue weighted by Gasteiger charge is 2.53. The third kappa shape index (κ3) is 10.9. The summed E-state index contributed by atoms with van der Waals surface area (Å²) in [5.74, 6) is -12.3. The maximum absolute atomic E-state index is 14.5. The largest absolute Gasteiger partial charge is 0.483 e. The number of nitrogens with one attached hydrogen (secondary N) is 1. The molecule has 2 aromatic rings. The topological polar surface area (TPSA) is 171 Å². The normalized spacial score (nSPS) is 20.2. The number of anilines is 1. The molecule has 0 aliphatic carbocycles. The third-order valence-electron chi connectivity index (χ3n) is 6.34. The molecule has 18 heteroatoms. The number of esters is 4. The molecule has 1 aliphatic heterocycles. The highest BCUT2D eigenvalue weighted by molar-refractivity contribution is 5.85. The Balaban J connectivity index is 2.10. The smallest absolute Gasteiger partial charge is 0.412 e. The number of hydrogen-bond acceptors (Lipinski definition) is 13. The summed E-state index contributed by atoms with van der Waals surface area (Å²) in [6.07, 6.45) is -8.83. The molecule has 0 unspecified atom stereocenters. The van der Waals surface area contributed by atoms with Crippen LogP contribution in [0.2, 0.25) is 0 Å². The SMILES string of the molecule is CC(=O)OC[C@H]1O[C@@H](Oc2ccc(NC(=O)OC(C)(C)C)cc2COc2c(F)c(F)cc(F)c2F)[C@H](OC(C)=O)[C@@H](OC(C)=O)[C@H]1OC(C)=O. The number of amides is 1. The van der Waals surface area contributed by atoms with Crippen LogP contribution in [0.4, 0.5) is 28.0 Å². The quantitative estimate of drug-likeness (QED) is 0.148. The van der Waals surface area contributed by atoms with Gasteiger partial charge in [0.2, 0.25) is 24.0 Å². The standard InChI is InChI=1S/C32H35F4NO13/c1-14(38)43-13-23-26(45-15(2)39)28(46-16(3)40)29(47-17(4)41)30(49-23)48-22-9-8-19(37-31(42)50-32(5,6)7)10-18(22)12-44-27-24(35)20(33)11-21(34)25(27)36/h8-11,23,26,28-30H,12-13H2,1-7H3,(H,37,42)/t23-,26+,28+,29-,30-/m1/s1.